The zero-order chi connectivity index (χ0) is 12.4. The van der Waals surface area contributed by atoms with E-state index >= 15 is 0 Å². The van der Waals surface area contributed by atoms with Gasteiger partial charge in [-0.1, -0.05) is 24.3 Å². The predicted octanol–water partition coefficient (Wildman–Crippen LogP) is 1.29. The fourth-order valence-corrected chi connectivity index (χ4v) is 2.87. The number of aryl methyl sites for hydroxylation is 1. The van der Waals surface area contributed by atoms with Crippen LogP contribution in [0.15, 0.2) is 24.3 Å². The summed E-state index contributed by atoms with van der Waals surface area (Å²) < 4.78 is 0. The van der Waals surface area contributed by atoms with Crippen LogP contribution in [0.5, 0.6) is 0 Å². The molecule has 2 aliphatic rings. The first kappa shape index (κ1) is 11.5. The normalized spacial score (nSPS) is 22.1. The second-order valence-electron chi connectivity index (χ2n) is 4.96. The molecule has 4 nitrogen and oxygen atoms in total. The van der Waals surface area contributed by atoms with E-state index in [1.165, 1.54) is 17.5 Å². The highest BCUT2D eigenvalue weighted by molar-refractivity contribution is 5.76. The van der Waals surface area contributed by atoms with Gasteiger partial charge in [-0.3, -0.25) is 0 Å². The first-order chi connectivity index (χ1) is 8.84. The average molecular weight is 245 g/mol. The Morgan fingerprint density at radius 1 is 1.39 bits per heavy atom. The fraction of sp³-hybridized carbons (Fsp3) is 0.500. The number of benzene rings is 1. The van der Waals surface area contributed by atoms with Gasteiger partial charge in [0.25, 0.3) is 0 Å². The Bertz CT molecular complexity index is 446. The molecule has 1 aromatic carbocycles. The fourth-order valence-electron chi connectivity index (χ4n) is 2.87. The Labute approximate surface area is 107 Å². The van der Waals surface area contributed by atoms with Crippen molar-refractivity contribution in [2.45, 2.75) is 18.9 Å². The maximum Gasteiger partial charge on any atom is 0.317 e. The summed E-state index contributed by atoms with van der Waals surface area (Å²) in [5, 5.41) is 6.39. The zero-order valence-electron chi connectivity index (χ0n) is 10.5. The van der Waals surface area contributed by atoms with E-state index in [0.717, 1.165) is 32.6 Å². The number of carbonyl (C=O) groups is 1. The van der Waals surface area contributed by atoms with Crippen LogP contribution in [0.25, 0.3) is 0 Å². The summed E-state index contributed by atoms with van der Waals surface area (Å²) in [4.78, 5) is 13.3. The minimum absolute atomic E-state index is 0.0728. The molecular weight excluding hydrogens is 226 g/mol. The summed E-state index contributed by atoms with van der Waals surface area (Å²) in [5.74, 6) is 0. The lowest BCUT2D eigenvalue weighted by atomic mass is 10.1. The Morgan fingerprint density at radius 3 is 3.11 bits per heavy atom. The molecule has 0 bridgehead atoms. The van der Waals surface area contributed by atoms with Gasteiger partial charge in [-0.2, -0.15) is 0 Å². The van der Waals surface area contributed by atoms with Crippen LogP contribution in [0.1, 0.15) is 23.6 Å². The molecule has 2 N–H and O–H groups in total. The SMILES string of the molecule is O=C1NCCN1CCNC1CCc2ccccc21. The molecule has 1 atom stereocenters. The molecule has 1 saturated heterocycles. The molecule has 2 amide bonds. The molecule has 1 unspecified atom stereocenters. The number of hydrogen-bond donors (Lipinski definition) is 2. The Kier molecular flexibility index (Phi) is 3.19. The molecule has 1 fully saturated rings. The van der Waals surface area contributed by atoms with Gasteiger partial charge in [0.1, 0.15) is 0 Å². The predicted molar refractivity (Wildman–Crippen MR) is 70.5 cm³/mol. The first-order valence-corrected chi connectivity index (χ1v) is 6.68. The summed E-state index contributed by atoms with van der Waals surface area (Å²) in [7, 11) is 0. The van der Waals surface area contributed by atoms with Gasteiger partial charge in [0.05, 0.1) is 0 Å². The van der Waals surface area contributed by atoms with E-state index in [9.17, 15) is 4.79 Å². The molecule has 3 rings (SSSR count). The van der Waals surface area contributed by atoms with E-state index in [4.69, 9.17) is 0 Å². The number of hydrogen-bond acceptors (Lipinski definition) is 2. The third kappa shape index (κ3) is 2.20. The number of nitrogens with one attached hydrogen (secondary N) is 2. The van der Waals surface area contributed by atoms with Gasteiger partial charge in [0, 0.05) is 32.2 Å². The molecule has 18 heavy (non-hydrogen) atoms. The standard InChI is InChI=1S/C14H19N3O/c18-14-16-8-10-17(14)9-7-15-13-6-5-11-3-1-2-4-12(11)13/h1-4,13,15H,5-10H2,(H,16,18). The second kappa shape index (κ2) is 4.98. The van der Waals surface area contributed by atoms with Crippen molar-refractivity contribution in [2.75, 3.05) is 26.2 Å². The summed E-state index contributed by atoms with van der Waals surface area (Å²) >= 11 is 0. The third-order valence-electron chi connectivity index (χ3n) is 3.85. The largest absolute Gasteiger partial charge is 0.336 e. The molecule has 1 aromatic rings. The molecule has 4 heteroatoms. The van der Waals surface area contributed by atoms with Crippen LogP contribution in [0.2, 0.25) is 0 Å². The molecule has 0 aromatic heterocycles. The highest BCUT2D eigenvalue weighted by Gasteiger charge is 2.22. The van der Waals surface area contributed by atoms with Crippen LogP contribution in [0.3, 0.4) is 0 Å². The van der Waals surface area contributed by atoms with Gasteiger partial charge < -0.3 is 15.5 Å². The number of urea groups is 1. The van der Waals surface area contributed by atoms with Gasteiger partial charge in [0.15, 0.2) is 0 Å². The summed E-state index contributed by atoms with van der Waals surface area (Å²) in [5.41, 5.74) is 2.90. The Balaban J connectivity index is 1.51. The summed E-state index contributed by atoms with van der Waals surface area (Å²) in [6, 6.07) is 9.17. The second-order valence-corrected chi connectivity index (χ2v) is 4.96. The van der Waals surface area contributed by atoms with Crippen molar-refractivity contribution in [3.8, 4) is 0 Å². The smallest absolute Gasteiger partial charge is 0.317 e. The maximum absolute atomic E-state index is 11.4. The van der Waals surface area contributed by atoms with Crippen LogP contribution >= 0.6 is 0 Å². The first-order valence-electron chi connectivity index (χ1n) is 6.68. The molecule has 1 aliphatic carbocycles. The van der Waals surface area contributed by atoms with Crippen LogP contribution in [0, 0.1) is 0 Å². The van der Waals surface area contributed by atoms with E-state index < -0.39 is 0 Å². The lowest BCUT2D eigenvalue weighted by Gasteiger charge is -2.18. The average Bonchev–Trinajstić information content (AvgIpc) is 2.97. The summed E-state index contributed by atoms with van der Waals surface area (Å²) in [6.07, 6.45) is 2.34. The van der Waals surface area contributed by atoms with Crippen molar-refractivity contribution >= 4 is 6.03 Å². The molecule has 0 radical (unpaired) electrons. The minimum Gasteiger partial charge on any atom is -0.336 e. The highest BCUT2D eigenvalue weighted by Crippen LogP contribution is 2.30. The van der Waals surface area contributed by atoms with Crippen molar-refractivity contribution in [2.24, 2.45) is 0 Å². The van der Waals surface area contributed by atoms with Gasteiger partial charge in [-0.25, -0.2) is 4.79 Å². The van der Waals surface area contributed by atoms with Crippen molar-refractivity contribution in [1.82, 2.24) is 15.5 Å². The van der Waals surface area contributed by atoms with Crippen molar-refractivity contribution in [1.29, 1.82) is 0 Å². The third-order valence-corrected chi connectivity index (χ3v) is 3.85. The van der Waals surface area contributed by atoms with Gasteiger partial charge in [-0.05, 0) is 24.0 Å². The van der Waals surface area contributed by atoms with E-state index in [0.29, 0.717) is 6.04 Å². The molecule has 0 spiro atoms. The maximum atomic E-state index is 11.4. The quantitative estimate of drug-likeness (QED) is 0.839. The lowest BCUT2D eigenvalue weighted by molar-refractivity contribution is 0.217. The van der Waals surface area contributed by atoms with Crippen LogP contribution in [0.4, 0.5) is 4.79 Å². The molecule has 0 saturated carbocycles. The zero-order valence-corrected chi connectivity index (χ0v) is 10.5. The van der Waals surface area contributed by atoms with Gasteiger partial charge >= 0.3 is 6.03 Å². The van der Waals surface area contributed by atoms with E-state index in [2.05, 4.69) is 34.9 Å². The van der Waals surface area contributed by atoms with Crippen molar-refractivity contribution < 1.29 is 4.79 Å². The lowest BCUT2D eigenvalue weighted by Crippen LogP contribution is -2.35. The number of nitrogens with zero attached hydrogens (tertiary/aromatic N) is 1. The number of carbonyl (C=O) groups excluding carboxylic acids is 1. The van der Waals surface area contributed by atoms with Crippen LogP contribution < -0.4 is 10.6 Å². The monoisotopic (exact) mass is 245 g/mol. The van der Waals surface area contributed by atoms with Crippen molar-refractivity contribution in [3.63, 3.8) is 0 Å². The Hall–Kier alpha value is -1.55. The molecule has 1 heterocycles. The van der Waals surface area contributed by atoms with Crippen molar-refractivity contribution in [3.05, 3.63) is 35.4 Å². The highest BCUT2D eigenvalue weighted by atomic mass is 16.2. The number of rotatable bonds is 4. The van der Waals surface area contributed by atoms with Crippen LogP contribution in [-0.4, -0.2) is 37.1 Å². The number of amides is 2. The minimum atomic E-state index is 0.0728. The van der Waals surface area contributed by atoms with Gasteiger partial charge in [0.2, 0.25) is 0 Å². The topological polar surface area (TPSA) is 44.4 Å². The van der Waals surface area contributed by atoms with Gasteiger partial charge in [-0.15, -0.1) is 0 Å². The van der Waals surface area contributed by atoms with E-state index in [1.54, 1.807) is 0 Å². The Morgan fingerprint density at radius 2 is 2.28 bits per heavy atom. The summed E-state index contributed by atoms with van der Waals surface area (Å²) in [6.45, 7) is 3.28. The van der Waals surface area contributed by atoms with E-state index in [-0.39, 0.29) is 6.03 Å². The van der Waals surface area contributed by atoms with Crippen LogP contribution in [-0.2, 0) is 6.42 Å². The molecular formula is C14H19N3O. The van der Waals surface area contributed by atoms with E-state index in [1.807, 2.05) is 4.90 Å². The number of fused-ring (bicyclic) bond motifs is 1. The molecule has 96 valence electrons. The molecule has 1 aliphatic heterocycles.